The van der Waals surface area contributed by atoms with Crippen LogP contribution in [0.3, 0.4) is 0 Å². The van der Waals surface area contributed by atoms with Crippen molar-refractivity contribution < 1.29 is 30.7 Å². The predicted octanol–water partition coefficient (Wildman–Crippen LogP) is 6.44. The van der Waals surface area contributed by atoms with Gasteiger partial charge in [-0.2, -0.15) is 16.8 Å². The minimum absolute atomic E-state index is 0.131. The summed E-state index contributed by atoms with van der Waals surface area (Å²) < 4.78 is 70.1. The first-order valence-corrected chi connectivity index (χ1v) is 14.3. The Morgan fingerprint density at radius 3 is 1.70 bits per heavy atom. The Labute approximate surface area is 197 Å². The summed E-state index contributed by atoms with van der Waals surface area (Å²) in [7, 11) is -9.38. The van der Waals surface area contributed by atoms with Gasteiger partial charge in [0.2, 0.25) is 0 Å². The van der Waals surface area contributed by atoms with Crippen LogP contribution >= 0.6 is 0 Å². The van der Waals surface area contributed by atoms with Crippen molar-refractivity contribution in [1.29, 1.82) is 0 Å². The number of aryl methyl sites for hydroxylation is 1. The Kier molecular flexibility index (Phi) is 10.8. The molecule has 0 saturated heterocycles. The third-order valence-corrected chi connectivity index (χ3v) is 7.07. The molecule has 2 aromatic rings. The standard InChI is InChI=1S/C24H34O7S2/c1-2-3-4-5-6-7-8-9-10-11-13-20-14-12-15-21(16-20)31-22-17-23(32(25,26)27)19-24(18-22)33(28,29)30/h12,14-19H,2-11,13H2,1H3,(H,25,26,27)(H,28,29,30). The first-order chi connectivity index (χ1) is 15.6. The van der Waals surface area contributed by atoms with Crippen molar-refractivity contribution in [3.8, 4) is 11.5 Å². The molecular weight excluding hydrogens is 464 g/mol. The van der Waals surface area contributed by atoms with Crippen LogP contribution in [0.25, 0.3) is 0 Å². The Balaban J connectivity index is 1.91. The zero-order valence-electron chi connectivity index (χ0n) is 19.1. The van der Waals surface area contributed by atoms with Gasteiger partial charge in [-0.25, -0.2) is 0 Å². The molecule has 7 nitrogen and oxygen atoms in total. The molecule has 0 aliphatic carbocycles. The monoisotopic (exact) mass is 498 g/mol. The van der Waals surface area contributed by atoms with E-state index < -0.39 is 30.0 Å². The van der Waals surface area contributed by atoms with E-state index in [-0.39, 0.29) is 5.75 Å². The normalized spacial score (nSPS) is 12.1. The van der Waals surface area contributed by atoms with Gasteiger partial charge in [-0.1, -0.05) is 76.8 Å². The van der Waals surface area contributed by atoms with E-state index >= 15 is 0 Å². The predicted molar refractivity (Wildman–Crippen MR) is 128 cm³/mol. The fourth-order valence-corrected chi connectivity index (χ4v) is 4.78. The van der Waals surface area contributed by atoms with Gasteiger partial charge in [-0.15, -0.1) is 0 Å². The summed E-state index contributed by atoms with van der Waals surface area (Å²) in [6.45, 7) is 2.23. The van der Waals surface area contributed by atoms with Gasteiger partial charge in [-0.05, 0) is 36.6 Å². The number of benzene rings is 2. The van der Waals surface area contributed by atoms with Gasteiger partial charge in [0.15, 0.2) is 0 Å². The van der Waals surface area contributed by atoms with E-state index in [0.717, 1.165) is 37.0 Å². The van der Waals surface area contributed by atoms with E-state index in [1.54, 1.807) is 18.2 Å². The van der Waals surface area contributed by atoms with Crippen molar-refractivity contribution in [3.63, 3.8) is 0 Å². The van der Waals surface area contributed by atoms with Gasteiger partial charge in [-0.3, -0.25) is 9.11 Å². The van der Waals surface area contributed by atoms with Crippen molar-refractivity contribution in [1.82, 2.24) is 0 Å². The first kappa shape index (κ1) is 27.3. The molecule has 2 N–H and O–H groups in total. The number of unbranched alkanes of at least 4 members (excludes halogenated alkanes) is 9. The lowest BCUT2D eigenvalue weighted by Gasteiger charge is -2.10. The molecule has 0 radical (unpaired) electrons. The third-order valence-electron chi connectivity index (χ3n) is 5.40. The van der Waals surface area contributed by atoms with Crippen LogP contribution in [0.5, 0.6) is 11.5 Å². The average Bonchev–Trinajstić information content (AvgIpc) is 2.74. The topological polar surface area (TPSA) is 118 Å². The van der Waals surface area contributed by atoms with Crippen LogP contribution in [-0.2, 0) is 26.7 Å². The Morgan fingerprint density at radius 2 is 1.18 bits per heavy atom. The summed E-state index contributed by atoms with van der Waals surface area (Å²) in [5.41, 5.74) is 1.05. The summed E-state index contributed by atoms with van der Waals surface area (Å²) in [5, 5.41) is 0. The number of hydrogen-bond donors (Lipinski definition) is 2. The largest absolute Gasteiger partial charge is 0.457 e. The minimum Gasteiger partial charge on any atom is -0.457 e. The molecule has 0 aliphatic rings. The lowest BCUT2D eigenvalue weighted by molar-refractivity contribution is 0.464. The van der Waals surface area contributed by atoms with E-state index in [9.17, 15) is 25.9 Å². The minimum atomic E-state index is -4.69. The average molecular weight is 499 g/mol. The molecule has 0 unspecified atom stereocenters. The lowest BCUT2D eigenvalue weighted by atomic mass is 10.0. The highest BCUT2D eigenvalue weighted by Gasteiger charge is 2.19. The molecule has 0 heterocycles. The highest BCUT2D eigenvalue weighted by molar-refractivity contribution is 7.86. The quantitative estimate of drug-likeness (QED) is 0.214. The van der Waals surface area contributed by atoms with Crippen LogP contribution in [0.1, 0.15) is 76.7 Å². The molecule has 0 saturated carbocycles. The third kappa shape index (κ3) is 10.2. The van der Waals surface area contributed by atoms with E-state index in [2.05, 4.69) is 6.92 Å². The molecular formula is C24H34O7S2. The summed E-state index contributed by atoms with van der Waals surface area (Å²) >= 11 is 0. The van der Waals surface area contributed by atoms with Crippen molar-refractivity contribution in [3.05, 3.63) is 48.0 Å². The van der Waals surface area contributed by atoms with Crippen molar-refractivity contribution in [2.45, 2.75) is 87.3 Å². The SMILES string of the molecule is CCCCCCCCCCCCc1cccc(Oc2cc(S(=O)(=O)O)cc(S(=O)(=O)O)c2)c1. The smallest absolute Gasteiger partial charge is 0.294 e. The van der Waals surface area contributed by atoms with Gasteiger partial charge in [0.25, 0.3) is 20.2 Å². The van der Waals surface area contributed by atoms with E-state index in [1.165, 1.54) is 51.4 Å². The second-order valence-corrected chi connectivity index (χ2v) is 11.1. The second kappa shape index (κ2) is 13.1. The number of rotatable bonds is 15. The van der Waals surface area contributed by atoms with E-state index in [0.29, 0.717) is 11.8 Å². The van der Waals surface area contributed by atoms with Crippen LogP contribution in [0.2, 0.25) is 0 Å². The van der Waals surface area contributed by atoms with Crippen LogP contribution < -0.4 is 4.74 Å². The lowest BCUT2D eigenvalue weighted by Crippen LogP contribution is -2.04. The van der Waals surface area contributed by atoms with Gasteiger partial charge in [0.05, 0.1) is 9.79 Å². The molecule has 2 aromatic carbocycles. The Morgan fingerprint density at radius 1 is 0.667 bits per heavy atom. The van der Waals surface area contributed by atoms with Crippen molar-refractivity contribution in [2.24, 2.45) is 0 Å². The fraction of sp³-hybridized carbons (Fsp3) is 0.500. The summed E-state index contributed by atoms with van der Waals surface area (Å²) in [6, 6.07) is 9.91. The summed E-state index contributed by atoms with van der Waals surface area (Å²) in [5.74, 6) is 0.266. The van der Waals surface area contributed by atoms with Crippen molar-refractivity contribution >= 4 is 20.2 Å². The van der Waals surface area contributed by atoms with Gasteiger partial charge in [0, 0.05) is 12.1 Å². The maximum absolute atomic E-state index is 11.5. The highest BCUT2D eigenvalue weighted by Crippen LogP contribution is 2.28. The van der Waals surface area contributed by atoms with Crippen LogP contribution in [0.4, 0.5) is 0 Å². The molecule has 0 amide bonds. The molecule has 0 bridgehead atoms. The Hall–Kier alpha value is -1.94. The first-order valence-electron chi connectivity index (χ1n) is 11.5. The number of hydrogen-bond acceptors (Lipinski definition) is 5. The van der Waals surface area contributed by atoms with E-state index in [4.69, 9.17) is 4.74 Å². The molecule has 9 heteroatoms. The van der Waals surface area contributed by atoms with Crippen LogP contribution in [-0.4, -0.2) is 25.9 Å². The summed E-state index contributed by atoms with van der Waals surface area (Å²) in [4.78, 5) is -1.37. The zero-order valence-corrected chi connectivity index (χ0v) is 20.7. The molecule has 0 spiro atoms. The van der Waals surface area contributed by atoms with Crippen LogP contribution in [0, 0.1) is 0 Å². The maximum atomic E-state index is 11.5. The van der Waals surface area contributed by atoms with Gasteiger partial charge < -0.3 is 4.74 Å². The van der Waals surface area contributed by atoms with Crippen molar-refractivity contribution in [2.75, 3.05) is 0 Å². The van der Waals surface area contributed by atoms with E-state index in [1.807, 2.05) is 6.07 Å². The zero-order chi connectivity index (χ0) is 24.3. The summed E-state index contributed by atoms with van der Waals surface area (Å²) in [6.07, 6.45) is 13.4. The molecule has 0 aromatic heterocycles. The molecule has 2 rings (SSSR count). The molecule has 0 atom stereocenters. The number of ether oxygens (including phenoxy) is 1. The maximum Gasteiger partial charge on any atom is 0.294 e. The molecule has 184 valence electrons. The highest BCUT2D eigenvalue weighted by atomic mass is 32.2. The van der Waals surface area contributed by atoms with Gasteiger partial charge >= 0.3 is 0 Å². The molecule has 0 fully saturated rings. The second-order valence-electron chi connectivity index (χ2n) is 8.27. The fourth-order valence-electron chi connectivity index (χ4n) is 3.62. The Bertz CT molecular complexity index is 1040. The molecule has 0 aliphatic heterocycles. The van der Waals surface area contributed by atoms with Gasteiger partial charge in [0.1, 0.15) is 11.5 Å². The molecule has 33 heavy (non-hydrogen) atoms. The van der Waals surface area contributed by atoms with Crippen LogP contribution in [0.15, 0.2) is 52.3 Å².